The van der Waals surface area contributed by atoms with Crippen molar-refractivity contribution in [2.75, 3.05) is 31.1 Å². The van der Waals surface area contributed by atoms with Crippen molar-refractivity contribution in [1.82, 2.24) is 14.3 Å². The number of halogens is 1. The van der Waals surface area contributed by atoms with Crippen LogP contribution in [0.2, 0.25) is 0 Å². The highest BCUT2D eigenvalue weighted by atomic mass is 32.1. The van der Waals surface area contributed by atoms with E-state index in [4.69, 9.17) is 17.3 Å². The quantitative estimate of drug-likeness (QED) is 0.650. The maximum absolute atomic E-state index is 14.4. The standard InChI is InChI=1S/C21H23FN6S/c22-18-6-2-1-5-17(18)20-24-27(21(29)28(20)16-8-9-16)15-25-11-13-26(14-12-25)19-7-3-4-10-23-19/h1-7,10,16H,8-9,11-15H2/p+2. The smallest absolute Gasteiger partial charge is 0.274 e. The number of nitrogens with zero attached hydrogens (tertiary/aromatic N) is 4. The number of benzene rings is 1. The third kappa shape index (κ3) is 3.70. The molecule has 1 aliphatic heterocycles. The number of quaternary nitrogens is 1. The lowest BCUT2D eigenvalue weighted by molar-refractivity contribution is -0.924. The van der Waals surface area contributed by atoms with E-state index in [1.165, 1.54) is 11.0 Å². The van der Waals surface area contributed by atoms with Gasteiger partial charge in [-0.25, -0.2) is 9.37 Å². The summed E-state index contributed by atoms with van der Waals surface area (Å²) in [5, 5.41) is 4.77. The van der Waals surface area contributed by atoms with Gasteiger partial charge in [-0.2, -0.15) is 4.68 Å². The van der Waals surface area contributed by atoms with Crippen LogP contribution in [-0.2, 0) is 6.67 Å². The Morgan fingerprint density at radius 1 is 1.10 bits per heavy atom. The van der Waals surface area contributed by atoms with Crippen molar-refractivity contribution in [1.29, 1.82) is 0 Å². The second-order valence-corrected chi connectivity index (χ2v) is 8.19. The molecule has 0 unspecified atom stereocenters. The number of piperazine rings is 1. The molecule has 0 spiro atoms. The minimum absolute atomic E-state index is 0.248. The second kappa shape index (κ2) is 7.68. The van der Waals surface area contributed by atoms with Gasteiger partial charge in [0.2, 0.25) is 4.77 Å². The van der Waals surface area contributed by atoms with Crippen LogP contribution in [0.4, 0.5) is 10.2 Å². The highest BCUT2D eigenvalue weighted by Gasteiger charge is 2.31. The monoisotopic (exact) mass is 412 g/mol. The molecule has 5 rings (SSSR count). The van der Waals surface area contributed by atoms with Gasteiger partial charge in [-0.1, -0.05) is 18.2 Å². The van der Waals surface area contributed by atoms with Crippen LogP contribution in [0.1, 0.15) is 18.9 Å². The molecule has 6 nitrogen and oxygen atoms in total. The fourth-order valence-electron chi connectivity index (χ4n) is 4.03. The van der Waals surface area contributed by atoms with Crippen LogP contribution >= 0.6 is 12.2 Å². The second-order valence-electron chi connectivity index (χ2n) is 7.83. The van der Waals surface area contributed by atoms with Crippen molar-refractivity contribution in [2.24, 2.45) is 0 Å². The van der Waals surface area contributed by atoms with E-state index in [2.05, 4.69) is 26.6 Å². The molecule has 1 aromatic carbocycles. The number of aromatic nitrogens is 4. The number of H-pyrrole nitrogens is 1. The summed E-state index contributed by atoms with van der Waals surface area (Å²) in [6, 6.07) is 13.3. The van der Waals surface area contributed by atoms with Gasteiger partial charge >= 0.3 is 0 Å². The molecule has 8 heteroatoms. The SMILES string of the molecule is Fc1ccccc1-c1nn(C[NH+]2CCN(c3cccc[nH+]3)CC2)c(=S)n1C1CC1. The molecule has 2 aromatic heterocycles. The molecule has 0 radical (unpaired) electrons. The molecule has 2 fully saturated rings. The molecule has 150 valence electrons. The number of pyridine rings is 1. The van der Waals surface area contributed by atoms with Gasteiger partial charge in [-0.05, 0) is 43.3 Å². The largest absolute Gasteiger partial charge is 0.310 e. The van der Waals surface area contributed by atoms with E-state index in [9.17, 15) is 4.39 Å². The molecule has 1 aliphatic carbocycles. The molecule has 1 saturated carbocycles. The third-order valence-electron chi connectivity index (χ3n) is 5.77. The first kappa shape index (κ1) is 18.4. The van der Waals surface area contributed by atoms with Crippen molar-refractivity contribution < 1.29 is 14.3 Å². The van der Waals surface area contributed by atoms with E-state index in [1.807, 2.05) is 23.0 Å². The lowest BCUT2D eigenvalue weighted by Crippen LogP contribution is -3.14. The summed E-state index contributed by atoms with van der Waals surface area (Å²) < 4.78 is 19.1. The number of hydrogen-bond donors (Lipinski definition) is 1. The Hall–Kier alpha value is -2.58. The van der Waals surface area contributed by atoms with Crippen molar-refractivity contribution in [3.8, 4) is 11.4 Å². The van der Waals surface area contributed by atoms with Crippen LogP contribution in [0.5, 0.6) is 0 Å². The van der Waals surface area contributed by atoms with E-state index in [0.717, 1.165) is 44.8 Å². The lowest BCUT2D eigenvalue weighted by Gasteiger charge is -2.27. The Bertz CT molecular complexity index is 1050. The summed E-state index contributed by atoms with van der Waals surface area (Å²) in [4.78, 5) is 7.12. The Morgan fingerprint density at radius 2 is 1.86 bits per heavy atom. The summed E-state index contributed by atoms with van der Waals surface area (Å²) in [6.07, 6.45) is 4.13. The number of aromatic amines is 1. The van der Waals surface area contributed by atoms with E-state index in [0.29, 0.717) is 28.9 Å². The van der Waals surface area contributed by atoms with Crippen molar-refractivity contribution in [3.63, 3.8) is 0 Å². The Balaban J connectivity index is 1.35. The van der Waals surface area contributed by atoms with Crippen molar-refractivity contribution in [3.05, 3.63) is 59.2 Å². The van der Waals surface area contributed by atoms with Crippen LogP contribution in [0.25, 0.3) is 11.4 Å². The Labute approximate surface area is 174 Å². The predicted molar refractivity (Wildman–Crippen MR) is 111 cm³/mol. The molecular weight excluding hydrogens is 387 g/mol. The maximum Gasteiger partial charge on any atom is 0.274 e. The number of anilines is 1. The van der Waals surface area contributed by atoms with E-state index in [1.54, 1.807) is 12.1 Å². The Morgan fingerprint density at radius 3 is 2.55 bits per heavy atom. The zero-order valence-electron chi connectivity index (χ0n) is 16.2. The maximum atomic E-state index is 14.4. The summed E-state index contributed by atoms with van der Waals surface area (Å²) in [5.41, 5.74) is 0.531. The predicted octanol–water partition coefficient (Wildman–Crippen LogP) is 1.73. The number of rotatable bonds is 5. The zero-order valence-corrected chi connectivity index (χ0v) is 17.0. The Kier molecular flexibility index (Phi) is 4.89. The van der Waals surface area contributed by atoms with Crippen LogP contribution in [0, 0.1) is 10.6 Å². The molecule has 2 N–H and O–H groups in total. The van der Waals surface area contributed by atoms with Crippen LogP contribution in [0.15, 0.2) is 48.7 Å². The van der Waals surface area contributed by atoms with E-state index in [-0.39, 0.29) is 5.82 Å². The zero-order chi connectivity index (χ0) is 19.8. The topological polar surface area (TPSA) is 44.6 Å². The highest BCUT2D eigenvalue weighted by Crippen LogP contribution is 2.38. The minimum atomic E-state index is -0.248. The first-order chi connectivity index (χ1) is 14.2. The van der Waals surface area contributed by atoms with Gasteiger partial charge < -0.3 is 4.90 Å². The van der Waals surface area contributed by atoms with Gasteiger partial charge in [0.15, 0.2) is 12.5 Å². The van der Waals surface area contributed by atoms with Gasteiger partial charge in [0.1, 0.15) is 32.0 Å². The molecule has 0 amide bonds. The average Bonchev–Trinajstić information content (AvgIpc) is 3.54. The van der Waals surface area contributed by atoms with Gasteiger partial charge in [-0.15, -0.1) is 5.10 Å². The molecule has 0 bridgehead atoms. The van der Waals surface area contributed by atoms with E-state index < -0.39 is 0 Å². The van der Waals surface area contributed by atoms with Crippen molar-refractivity contribution >= 4 is 18.0 Å². The van der Waals surface area contributed by atoms with E-state index >= 15 is 0 Å². The summed E-state index contributed by atoms with van der Waals surface area (Å²) in [6.45, 7) is 4.69. The summed E-state index contributed by atoms with van der Waals surface area (Å²) in [5.74, 6) is 1.57. The summed E-state index contributed by atoms with van der Waals surface area (Å²) >= 11 is 5.75. The third-order valence-corrected chi connectivity index (χ3v) is 6.18. The molecule has 1 saturated heterocycles. The van der Waals surface area contributed by atoms with Crippen LogP contribution in [-0.4, -0.2) is 40.5 Å². The molecule has 3 aromatic rings. The highest BCUT2D eigenvalue weighted by molar-refractivity contribution is 7.71. The summed E-state index contributed by atoms with van der Waals surface area (Å²) in [7, 11) is 0. The molecule has 3 heterocycles. The normalized spacial score (nSPS) is 17.6. The van der Waals surface area contributed by atoms with Gasteiger partial charge in [0.25, 0.3) is 5.82 Å². The minimum Gasteiger partial charge on any atom is -0.310 e. The fraction of sp³-hybridized carbons (Fsp3) is 0.381. The molecule has 2 aliphatic rings. The first-order valence-corrected chi connectivity index (χ1v) is 10.6. The number of nitrogens with one attached hydrogen (secondary N) is 2. The van der Waals surface area contributed by atoms with Gasteiger partial charge in [-0.3, -0.25) is 9.47 Å². The van der Waals surface area contributed by atoms with Crippen molar-refractivity contribution in [2.45, 2.75) is 25.6 Å². The molecule has 29 heavy (non-hydrogen) atoms. The average molecular weight is 413 g/mol. The first-order valence-electron chi connectivity index (χ1n) is 10.2. The number of hydrogen-bond acceptors (Lipinski definition) is 3. The van der Waals surface area contributed by atoms with Gasteiger partial charge in [0, 0.05) is 12.1 Å². The molecular formula is C21H25FN6S+2. The van der Waals surface area contributed by atoms with Crippen LogP contribution < -0.4 is 14.8 Å². The van der Waals surface area contributed by atoms with Crippen LogP contribution in [0.3, 0.4) is 0 Å². The molecule has 0 atom stereocenters. The fourth-order valence-corrected chi connectivity index (χ4v) is 4.37. The lowest BCUT2D eigenvalue weighted by atomic mass is 10.2. The van der Waals surface area contributed by atoms with Gasteiger partial charge in [0.05, 0.1) is 11.8 Å².